The Morgan fingerprint density at radius 3 is 2.50 bits per heavy atom. The number of piperidine rings is 1. The summed E-state index contributed by atoms with van der Waals surface area (Å²) in [6, 6.07) is 1.29. The molecule has 1 rings (SSSR count). The standard InChI is InChI=1S/C10H23N3S/c1-9(2)11-5-6-12-10-3-7-13(14)8-4-10/h9-12,14H,3-8H2,1-2H3. The average Bonchev–Trinajstić information content (AvgIpc) is 2.15. The molecule has 2 N–H and O–H groups in total. The minimum atomic E-state index is 0.594. The van der Waals surface area contributed by atoms with Gasteiger partial charge in [0.15, 0.2) is 0 Å². The molecule has 84 valence electrons. The minimum absolute atomic E-state index is 0.594. The zero-order valence-electron chi connectivity index (χ0n) is 9.29. The van der Waals surface area contributed by atoms with Gasteiger partial charge in [-0.25, -0.2) is 0 Å². The summed E-state index contributed by atoms with van der Waals surface area (Å²) in [7, 11) is 0. The summed E-state index contributed by atoms with van der Waals surface area (Å²) in [6.07, 6.45) is 2.45. The Balaban J connectivity index is 1.96. The van der Waals surface area contributed by atoms with Crippen LogP contribution in [0.3, 0.4) is 0 Å². The van der Waals surface area contributed by atoms with Crippen LogP contribution in [0, 0.1) is 0 Å². The van der Waals surface area contributed by atoms with E-state index in [0.717, 1.165) is 26.2 Å². The monoisotopic (exact) mass is 217 g/mol. The van der Waals surface area contributed by atoms with Gasteiger partial charge in [-0.1, -0.05) is 26.7 Å². The maximum Gasteiger partial charge on any atom is 0.0102 e. The summed E-state index contributed by atoms with van der Waals surface area (Å²) < 4.78 is 2.10. The Bertz CT molecular complexity index is 144. The molecule has 0 saturated carbocycles. The first-order valence-electron chi connectivity index (χ1n) is 5.59. The van der Waals surface area contributed by atoms with E-state index in [-0.39, 0.29) is 0 Å². The normalized spacial score (nSPS) is 20.6. The van der Waals surface area contributed by atoms with E-state index in [1.807, 2.05) is 0 Å². The summed E-state index contributed by atoms with van der Waals surface area (Å²) in [4.78, 5) is 0. The van der Waals surface area contributed by atoms with Crippen LogP contribution in [0.4, 0.5) is 0 Å². The second-order valence-electron chi connectivity index (χ2n) is 4.29. The molecule has 14 heavy (non-hydrogen) atoms. The number of hydrogen-bond donors (Lipinski definition) is 3. The molecule has 1 heterocycles. The van der Waals surface area contributed by atoms with Gasteiger partial charge in [0, 0.05) is 38.3 Å². The van der Waals surface area contributed by atoms with Gasteiger partial charge < -0.3 is 10.6 Å². The number of rotatable bonds is 5. The molecule has 0 aromatic rings. The summed E-state index contributed by atoms with van der Waals surface area (Å²) in [5, 5.41) is 6.98. The molecule has 1 fully saturated rings. The van der Waals surface area contributed by atoms with Crippen molar-refractivity contribution in [2.75, 3.05) is 26.2 Å². The first-order valence-corrected chi connectivity index (χ1v) is 5.99. The van der Waals surface area contributed by atoms with Crippen molar-refractivity contribution >= 4 is 12.8 Å². The molecule has 0 spiro atoms. The lowest BCUT2D eigenvalue weighted by Crippen LogP contribution is -2.42. The highest BCUT2D eigenvalue weighted by Crippen LogP contribution is 2.10. The zero-order chi connectivity index (χ0) is 10.4. The Kier molecular flexibility index (Phi) is 5.86. The van der Waals surface area contributed by atoms with Gasteiger partial charge in [-0.3, -0.25) is 4.31 Å². The van der Waals surface area contributed by atoms with Crippen LogP contribution in [0.1, 0.15) is 26.7 Å². The van der Waals surface area contributed by atoms with Crippen molar-refractivity contribution in [1.29, 1.82) is 0 Å². The van der Waals surface area contributed by atoms with Crippen LogP contribution in [0.15, 0.2) is 0 Å². The van der Waals surface area contributed by atoms with Gasteiger partial charge in [0.05, 0.1) is 0 Å². The fourth-order valence-electron chi connectivity index (χ4n) is 1.71. The number of thiol groups is 1. The van der Waals surface area contributed by atoms with Gasteiger partial charge >= 0.3 is 0 Å². The van der Waals surface area contributed by atoms with Crippen molar-refractivity contribution in [3.8, 4) is 0 Å². The Labute approximate surface area is 93.2 Å². The number of nitrogens with one attached hydrogen (secondary N) is 2. The third-order valence-corrected chi connectivity index (χ3v) is 2.98. The van der Waals surface area contributed by atoms with Crippen LogP contribution in [-0.2, 0) is 0 Å². The van der Waals surface area contributed by atoms with Gasteiger partial charge in [0.1, 0.15) is 0 Å². The van der Waals surface area contributed by atoms with Crippen molar-refractivity contribution < 1.29 is 0 Å². The van der Waals surface area contributed by atoms with Gasteiger partial charge in [-0.05, 0) is 12.8 Å². The topological polar surface area (TPSA) is 27.3 Å². The van der Waals surface area contributed by atoms with Gasteiger partial charge in [-0.15, -0.1) is 0 Å². The van der Waals surface area contributed by atoms with E-state index in [1.165, 1.54) is 12.8 Å². The van der Waals surface area contributed by atoms with Crippen molar-refractivity contribution in [2.24, 2.45) is 0 Å². The summed E-state index contributed by atoms with van der Waals surface area (Å²) in [5.74, 6) is 0. The van der Waals surface area contributed by atoms with E-state index in [4.69, 9.17) is 0 Å². The fraction of sp³-hybridized carbons (Fsp3) is 1.00. The molecule has 1 saturated heterocycles. The molecule has 4 heteroatoms. The van der Waals surface area contributed by atoms with Gasteiger partial charge in [0.25, 0.3) is 0 Å². The molecule has 0 radical (unpaired) electrons. The molecule has 0 aromatic carbocycles. The predicted molar refractivity (Wildman–Crippen MR) is 64.7 cm³/mol. The third-order valence-electron chi connectivity index (χ3n) is 2.58. The van der Waals surface area contributed by atoms with E-state index in [9.17, 15) is 0 Å². The highest BCUT2D eigenvalue weighted by atomic mass is 32.1. The largest absolute Gasteiger partial charge is 0.313 e. The molecule has 1 aliphatic heterocycles. The van der Waals surface area contributed by atoms with E-state index < -0.39 is 0 Å². The maximum absolute atomic E-state index is 4.33. The molecule has 0 bridgehead atoms. The Morgan fingerprint density at radius 2 is 1.93 bits per heavy atom. The van der Waals surface area contributed by atoms with Crippen molar-refractivity contribution in [3.63, 3.8) is 0 Å². The number of nitrogens with zero attached hydrogens (tertiary/aromatic N) is 1. The first-order chi connectivity index (χ1) is 6.68. The lowest BCUT2D eigenvalue weighted by atomic mass is 10.1. The zero-order valence-corrected chi connectivity index (χ0v) is 10.2. The molecule has 0 aromatic heterocycles. The summed E-state index contributed by atoms with van der Waals surface area (Å²) in [6.45, 7) is 8.73. The molecule has 0 aliphatic carbocycles. The Hall–Kier alpha value is 0.230. The van der Waals surface area contributed by atoms with E-state index in [2.05, 4.69) is 41.6 Å². The molecule has 3 nitrogen and oxygen atoms in total. The average molecular weight is 217 g/mol. The minimum Gasteiger partial charge on any atom is -0.313 e. The van der Waals surface area contributed by atoms with Crippen LogP contribution >= 0.6 is 12.8 Å². The van der Waals surface area contributed by atoms with Crippen molar-refractivity contribution in [3.05, 3.63) is 0 Å². The fourth-order valence-corrected chi connectivity index (χ4v) is 1.94. The highest BCUT2D eigenvalue weighted by molar-refractivity contribution is 7.77. The quantitative estimate of drug-likeness (QED) is 0.471. The van der Waals surface area contributed by atoms with E-state index in [1.54, 1.807) is 0 Å². The molecular weight excluding hydrogens is 194 g/mol. The van der Waals surface area contributed by atoms with E-state index >= 15 is 0 Å². The van der Waals surface area contributed by atoms with Crippen LogP contribution in [-0.4, -0.2) is 42.6 Å². The second kappa shape index (κ2) is 6.67. The molecular formula is C10H23N3S. The summed E-state index contributed by atoms with van der Waals surface area (Å²) >= 11 is 4.33. The van der Waals surface area contributed by atoms with E-state index in [0.29, 0.717) is 12.1 Å². The van der Waals surface area contributed by atoms with Crippen molar-refractivity contribution in [1.82, 2.24) is 14.9 Å². The number of hydrogen-bond acceptors (Lipinski definition) is 4. The lowest BCUT2D eigenvalue weighted by Gasteiger charge is -2.28. The van der Waals surface area contributed by atoms with Gasteiger partial charge in [-0.2, -0.15) is 0 Å². The maximum atomic E-state index is 4.33. The third kappa shape index (κ3) is 5.20. The predicted octanol–water partition coefficient (Wildman–Crippen LogP) is 0.883. The Morgan fingerprint density at radius 1 is 1.29 bits per heavy atom. The SMILES string of the molecule is CC(C)NCCNC1CCN(S)CC1. The van der Waals surface area contributed by atoms with Crippen molar-refractivity contribution in [2.45, 2.75) is 38.8 Å². The van der Waals surface area contributed by atoms with Crippen LogP contribution < -0.4 is 10.6 Å². The highest BCUT2D eigenvalue weighted by Gasteiger charge is 2.15. The molecule has 0 amide bonds. The molecule has 1 aliphatic rings. The van der Waals surface area contributed by atoms with Crippen LogP contribution in [0.5, 0.6) is 0 Å². The smallest absolute Gasteiger partial charge is 0.0102 e. The lowest BCUT2D eigenvalue weighted by molar-refractivity contribution is 0.310. The summed E-state index contributed by atoms with van der Waals surface area (Å²) in [5.41, 5.74) is 0. The molecule has 0 atom stereocenters. The van der Waals surface area contributed by atoms with Gasteiger partial charge in [0.2, 0.25) is 0 Å². The van der Waals surface area contributed by atoms with Crippen LogP contribution in [0.25, 0.3) is 0 Å². The van der Waals surface area contributed by atoms with Crippen LogP contribution in [0.2, 0.25) is 0 Å². The molecule has 0 unspecified atom stereocenters. The second-order valence-corrected chi connectivity index (χ2v) is 4.86. The first kappa shape index (κ1) is 12.3.